The lowest BCUT2D eigenvalue weighted by molar-refractivity contribution is -0.131. The predicted molar refractivity (Wildman–Crippen MR) is 72.2 cm³/mol. The maximum Gasteiger partial charge on any atom is 0.240 e. The van der Waals surface area contributed by atoms with Crippen LogP contribution in [0.4, 0.5) is 0 Å². The van der Waals surface area contributed by atoms with Crippen LogP contribution >= 0.6 is 0 Å². The van der Waals surface area contributed by atoms with E-state index in [-0.39, 0.29) is 5.91 Å². The summed E-state index contributed by atoms with van der Waals surface area (Å²) in [6.45, 7) is 6.59. The fourth-order valence-corrected chi connectivity index (χ4v) is 2.71. The summed E-state index contributed by atoms with van der Waals surface area (Å²) in [5.41, 5.74) is 0. The van der Waals surface area contributed by atoms with E-state index in [9.17, 15) is 13.2 Å². The van der Waals surface area contributed by atoms with Gasteiger partial charge in [-0.2, -0.15) is 0 Å². The number of carbonyl (C=O) groups excluding carboxylic acids is 1. The predicted octanol–water partition coefficient (Wildman–Crippen LogP) is 0.268. The maximum atomic E-state index is 12.1. The van der Waals surface area contributed by atoms with E-state index in [2.05, 4.69) is 5.32 Å². The maximum absolute atomic E-state index is 12.1. The van der Waals surface area contributed by atoms with Gasteiger partial charge in [-0.1, -0.05) is 0 Å². The third-order valence-electron chi connectivity index (χ3n) is 3.62. The van der Waals surface area contributed by atoms with Crippen LogP contribution in [0.15, 0.2) is 0 Å². The summed E-state index contributed by atoms with van der Waals surface area (Å²) in [6.07, 6.45) is 3.22. The van der Waals surface area contributed by atoms with Crippen molar-refractivity contribution in [1.82, 2.24) is 10.2 Å². The van der Waals surface area contributed by atoms with Crippen molar-refractivity contribution in [2.45, 2.75) is 31.9 Å². The quantitative estimate of drug-likeness (QED) is 0.782. The minimum Gasteiger partial charge on any atom is -0.342 e. The molecule has 1 aliphatic heterocycles. The summed E-state index contributed by atoms with van der Waals surface area (Å²) < 4.78 is 22.9. The molecule has 0 aromatic rings. The molecule has 1 unspecified atom stereocenters. The molecule has 6 heteroatoms. The van der Waals surface area contributed by atoms with E-state index < -0.39 is 15.1 Å². The first-order valence-corrected chi connectivity index (χ1v) is 8.50. The number of amides is 1. The van der Waals surface area contributed by atoms with E-state index in [1.165, 1.54) is 6.92 Å². The van der Waals surface area contributed by atoms with Gasteiger partial charge in [-0.15, -0.1) is 0 Å². The third kappa shape index (κ3) is 4.24. The molecule has 0 spiro atoms. The fraction of sp³-hybridized carbons (Fsp3) is 0.917. The summed E-state index contributed by atoms with van der Waals surface area (Å²) in [5.74, 6) is 0.223. The minimum atomic E-state index is -3.30. The monoisotopic (exact) mass is 276 g/mol. The first-order valence-electron chi connectivity index (χ1n) is 6.54. The van der Waals surface area contributed by atoms with E-state index in [1.54, 1.807) is 4.90 Å². The van der Waals surface area contributed by atoms with Gasteiger partial charge in [0, 0.05) is 19.3 Å². The lowest BCUT2D eigenvalue weighted by Crippen LogP contribution is -2.44. The Morgan fingerprint density at radius 3 is 2.39 bits per heavy atom. The Labute approximate surface area is 110 Å². The number of rotatable bonds is 5. The molecule has 1 aliphatic rings. The minimum absolute atomic E-state index is 0.265. The third-order valence-corrected chi connectivity index (χ3v) is 5.11. The van der Waals surface area contributed by atoms with Gasteiger partial charge in [0.05, 0.1) is 0 Å². The van der Waals surface area contributed by atoms with Crippen molar-refractivity contribution in [2.24, 2.45) is 5.92 Å². The molecule has 0 aromatic heterocycles. The van der Waals surface area contributed by atoms with E-state index in [1.807, 2.05) is 6.92 Å². The molecule has 0 aromatic carbocycles. The van der Waals surface area contributed by atoms with Crippen LogP contribution in [-0.4, -0.2) is 56.9 Å². The largest absolute Gasteiger partial charge is 0.342 e. The van der Waals surface area contributed by atoms with Gasteiger partial charge in [-0.25, -0.2) is 8.42 Å². The topological polar surface area (TPSA) is 66.5 Å². The summed E-state index contributed by atoms with van der Waals surface area (Å²) in [5, 5.41) is 2.35. The summed E-state index contributed by atoms with van der Waals surface area (Å²) >= 11 is 0. The lowest BCUT2D eigenvalue weighted by Gasteiger charge is -2.30. The molecule has 1 atom stereocenters. The molecule has 1 heterocycles. The lowest BCUT2D eigenvalue weighted by atomic mass is 9.97. The number of sulfone groups is 1. The van der Waals surface area contributed by atoms with Crippen LogP contribution in [0.5, 0.6) is 0 Å². The smallest absolute Gasteiger partial charge is 0.240 e. The van der Waals surface area contributed by atoms with Gasteiger partial charge in [-0.3, -0.25) is 4.79 Å². The van der Waals surface area contributed by atoms with E-state index in [0.29, 0.717) is 19.0 Å². The Morgan fingerprint density at radius 1 is 1.39 bits per heavy atom. The Bertz CT molecular complexity index is 375. The molecule has 0 radical (unpaired) electrons. The highest BCUT2D eigenvalue weighted by Crippen LogP contribution is 2.15. The molecular formula is C12H24N2O3S. The first kappa shape index (κ1) is 15.4. The zero-order valence-corrected chi connectivity index (χ0v) is 12.3. The molecule has 5 nitrogen and oxygen atoms in total. The van der Waals surface area contributed by atoms with Gasteiger partial charge in [0.2, 0.25) is 5.91 Å². The molecular weight excluding hydrogens is 252 g/mol. The Morgan fingerprint density at radius 2 is 1.94 bits per heavy atom. The molecule has 0 aliphatic carbocycles. The number of hydrogen-bond acceptors (Lipinski definition) is 4. The van der Waals surface area contributed by atoms with Gasteiger partial charge in [0.25, 0.3) is 0 Å². The van der Waals surface area contributed by atoms with E-state index in [4.69, 9.17) is 0 Å². The van der Waals surface area contributed by atoms with Gasteiger partial charge in [0.15, 0.2) is 9.84 Å². The molecule has 1 fully saturated rings. The second kappa shape index (κ2) is 6.52. The van der Waals surface area contributed by atoms with Crippen LogP contribution in [-0.2, 0) is 14.6 Å². The summed E-state index contributed by atoms with van der Waals surface area (Å²) in [4.78, 5) is 13.8. The van der Waals surface area contributed by atoms with Gasteiger partial charge >= 0.3 is 0 Å². The van der Waals surface area contributed by atoms with Crippen molar-refractivity contribution in [3.63, 3.8) is 0 Å². The Kier molecular flexibility index (Phi) is 5.59. The van der Waals surface area contributed by atoms with Crippen LogP contribution < -0.4 is 5.32 Å². The molecule has 0 saturated carbocycles. The average Bonchev–Trinajstić information content (AvgIpc) is 2.34. The van der Waals surface area contributed by atoms with Crippen molar-refractivity contribution >= 4 is 15.7 Å². The average molecular weight is 276 g/mol. The van der Waals surface area contributed by atoms with Crippen molar-refractivity contribution in [1.29, 1.82) is 0 Å². The Balaban J connectivity index is 2.62. The van der Waals surface area contributed by atoms with E-state index in [0.717, 1.165) is 32.2 Å². The van der Waals surface area contributed by atoms with Crippen LogP contribution in [0, 0.1) is 5.92 Å². The number of hydrogen-bond donors (Lipinski definition) is 1. The highest BCUT2D eigenvalue weighted by Gasteiger charge is 2.29. The standard InChI is InChI=1S/C12H24N2O3S/c1-4-14(9-11-5-7-13-8-6-11)12(15)10(2)18(3,16)17/h10-11,13H,4-9H2,1-3H3. The van der Waals surface area contributed by atoms with Crippen LogP contribution in [0.25, 0.3) is 0 Å². The highest BCUT2D eigenvalue weighted by molar-refractivity contribution is 7.92. The second-order valence-corrected chi connectivity index (χ2v) is 7.41. The van der Waals surface area contributed by atoms with Crippen LogP contribution in [0.1, 0.15) is 26.7 Å². The first-order chi connectivity index (χ1) is 8.36. The Hall–Kier alpha value is -0.620. The van der Waals surface area contributed by atoms with Crippen molar-refractivity contribution in [3.05, 3.63) is 0 Å². The SMILES string of the molecule is CCN(CC1CCNCC1)C(=O)C(C)S(C)(=O)=O. The van der Waals surface area contributed by atoms with Crippen molar-refractivity contribution in [3.8, 4) is 0 Å². The van der Waals surface area contributed by atoms with Gasteiger partial charge < -0.3 is 10.2 Å². The molecule has 1 N–H and O–H groups in total. The van der Waals surface area contributed by atoms with Crippen LogP contribution in [0.3, 0.4) is 0 Å². The molecule has 106 valence electrons. The number of carbonyl (C=O) groups is 1. The number of nitrogens with zero attached hydrogens (tertiary/aromatic N) is 1. The van der Waals surface area contributed by atoms with Crippen LogP contribution in [0.2, 0.25) is 0 Å². The summed E-state index contributed by atoms with van der Waals surface area (Å²) in [7, 11) is -3.30. The molecule has 18 heavy (non-hydrogen) atoms. The zero-order valence-electron chi connectivity index (χ0n) is 11.5. The highest BCUT2D eigenvalue weighted by atomic mass is 32.2. The second-order valence-electron chi connectivity index (χ2n) is 5.04. The molecule has 0 bridgehead atoms. The normalized spacial score (nSPS) is 19.5. The molecule has 1 rings (SSSR count). The zero-order chi connectivity index (χ0) is 13.8. The molecule has 1 amide bonds. The number of piperidine rings is 1. The van der Waals surface area contributed by atoms with Gasteiger partial charge in [-0.05, 0) is 45.7 Å². The number of nitrogens with one attached hydrogen (secondary N) is 1. The van der Waals surface area contributed by atoms with E-state index >= 15 is 0 Å². The summed E-state index contributed by atoms with van der Waals surface area (Å²) in [6, 6.07) is 0. The van der Waals surface area contributed by atoms with Gasteiger partial charge in [0.1, 0.15) is 5.25 Å². The molecule has 1 saturated heterocycles. The van der Waals surface area contributed by atoms with Crippen molar-refractivity contribution in [2.75, 3.05) is 32.4 Å². The fourth-order valence-electron chi connectivity index (χ4n) is 2.19. The van der Waals surface area contributed by atoms with Crippen molar-refractivity contribution < 1.29 is 13.2 Å².